The second-order valence-electron chi connectivity index (χ2n) is 7.46. The summed E-state index contributed by atoms with van der Waals surface area (Å²) in [6, 6.07) is 11.0. The van der Waals surface area contributed by atoms with E-state index in [1.54, 1.807) is 0 Å². The summed E-state index contributed by atoms with van der Waals surface area (Å²) in [7, 11) is 0. The lowest BCUT2D eigenvalue weighted by Gasteiger charge is -2.57. The highest BCUT2D eigenvalue weighted by Gasteiger charge is 2.73. The topological polar surface area (TPSA) is 59.3 Å². The molecule has 23 heavy (non-hydrogen) atoms. The zero-order chi connectivity index (χ0) is 15.8. The van der Waals surface area contributed by atoms with E-state index in [0.717, 1.165) is 31.6 Å². The Morgan fingerprint density at radius 3 is 3.04 bits per heavy atom. The first-order valence-electron chi connectivity index (χ1n) is 8.54. The van der Waals surface area contributed by atoms with E-state index in [4.69, 9.17) is 0 Å². The third kappa shape index (κ3) is 1.31. The first-order chi connectivity index (χ1) is 11.2. The average Bonchev–Trinajstić information content (AvgIpc) is 3.07. The molecule has 0 aromatic heterocycles. The standard InChI is InChI=1S/C19H21N3O/c1-2-12-11-22-8-7-18-14-5-3-4-6-16(14)21-19(18,23)15(10-20)13(12)9-17(18)22/h2-6,13,15,17,21,23H,7-9,11H2,1H3. The molecular weight excluding hydrogens is 286 g/mol. The molecule has 2 bridgehead atoms. The van der Waals surface area contributed by atoms with E-state index in [9.17, 15) is 10.4 Å². The van der Waals surface area contributed by atoms with Crippen molar-refractivity contribution in [2.24, 2.45) is 11.8 Å². The Morgan fingerprint density at radius 2 is 2.26 bits per heavy atom. The number of piperidine rings is 1. The number of nitriles is 1. The number of para-hydroxylation sites is 1. The van der Waals surface area contributed by atoms with Crippen molar-refractivity contribution in [2.45, 2.75) is 36.9 Å². The minimum Gasteiger partial charge on any atom is -0.369 e. The molecule has 4 aliphatic rings. The van der Waals surface area contributed by atoms with Gasteiger partial charge in [0.25, 0.3) is 0 Å². The Morgan fingerprint density at radius 1 is 1.43 bits per heavy atom. The summed E-state index contributed by atoms with van der Waals surface area (Å²) >= 11 is 0. The maximum absolute atomic E-state index is 11.8. The van der Waals surface area contributed by atoms with Crippen molar-refractivity contribution in [3.8, 4) is 6.07 Å². The number of nitrogens with zero attached hydrogens (tertiary/aromatic N) is 2. The highest BCUT2D eigenvalue weighted by molar-refractivity contribution is 5.67. The van der Waals surface area contributed by atoms with E-state index >= 15 is 0 Å². The van der Waals surface area contributed by atoms with Gasteiger partial charge >= 0.3 is 0 Å². The minimum atomic E-state index is -1.16. The Labute approximate surface area is 136 Å². The summed E-state index contributed by atoms with van der Waals surface area (Å²) in [5, 5.41) is 25.1. The number of fused-ring (bicyclic) bond motifs is 2. The molecule has 2 saturated heterocycles. The Hall–Kier alpha value is -1.83. The van der Waals surface area contributed by atoms with Crippen LogP contribution < -0.4 is 5.32 Å². The van der Waals surface area contributed by atoms with Crippen molar-refractivity contribution in [2.75, 3.05) is 18.4 Å². The highest BCUT2D eigenvalue weighted by atomic mass is 16.3. The molecule has 3 fully saturated rings. The van der Waals surface area contributed by atoms with Crippen molar-refractivity contribution in [1.29, 1.82) is 5.26 Å². The lowest BCUT2D eigenvalue weighted by molar-refractivity contribution is -0.105. The maximum atomic E-state index is 11.8. The predicted molar refractivity (Wildman–Crippen MR) is 87.6 cm³/mol. The lowest BCUT2D eigenvalue weighted by atomic mass is 9.54. The van der Waals surface area contributed by atoms with Crippen LogP contribution in [0.5, 0.6) is 0 Å². The number of nitrogens with one attached hydrogen (secondary N) is 1. The molecule has 0 amide bonds. The van der Waals surface area contributed by atoms with E-state index in [-0.39, 0.29) is 11.3 Å². The van der Waals surface area contributed by atoms with E-state index in [1.807, 2.05) is 12.1 Å². The van der Waals surface area contributed by atoms with Crippen LogP contribution in [-0.4, -0.2) is 34.9 Å². The van der Waals surface area contributed by atoms with Gasteiger partial charge in [0.05, 0.1) is 11.5 Å². The van der Waals surface area contributed by atoms with Gasteiger partial charge in [-0.15, -0.1) is 0 Å². The summed E-state index contributed by atoms with van der Waals surface area (Å²) in [5.74, 6) is -0.248. The molecule has 5 rings (SSSR count). The number of allylic oxidation sites excluding steroid dienone is 1. The first kappa shape index (κ1) is 13.6. The zero-order valence-corrected chi connectivity index (χ0v) is 13.3. The molecule has 1 spiro atoms. The molecule has 4 heteroatoms. The molecule has 4 nitrogen and oxygen atoms in total. The average molecular weight is 307 g/mol. The molecule has 1 aliphatic carbocycles. The molecule has 1 aromatic rings. The van der Waals surface area contributed by atoms with Crippen LogP contribution in [0, 0.1) is 23.2 Å². The Kier molecular flexibility index (Phi) is 2.46. The second kappa shape index (κ2) is 4.17. The second-order valence-corrected chi connectivity index (χ2v) is 7.46. The largest absolute Gasteiger partial charge is 0.369 e. The van der Waals surface area contributed by atoms with Gasteiger partial charge in [0.2, 0.25) is 0 Å². The molecule has 2 N–H and O–H groups in total. The molecule has 1 aromatic carbocycles. The monoisotopic (exact) mass is 307 g/mol. The SMILES string of the molecule is CC=C1CN2CCC34c5ccccc5NC3(O)C(C#N)C1CC24. The quantitative estimate of drug-likeness (QED) is 0.722. The summed E-state index contributed by atoms with van der Waals surface area (Å²) in [4.78, 5) is 2.52. The van der Waals surface area contributed by atoms with Crippen LogP contribution in [-0.2, 0) is 5.41 Å². The maximum Gasteiger partial charge on any atom is 0.163 e. The van der Waals surface area contributed by atoms with Gasteiger partial charge in [-0.1, -0.05) is 29.8 Å². The number of hydrogen-bond donors (Lipinski definition) is 2. The molecule has 3 heterocycles. The van der Waals surface area contributed by atoms with Gasteiger partial charge in [0, 0.05) is 24.2 Å². The number of anilines is 1. The Balaban J connectivity index is 1.79. The third-order valence-electron chi connectivity index (χ3n) is 6.92. The Bertz CT molecular complexity index is 766. The summed E-state index contributed by atoms with van der Waals surface area (Å²) in [5.41, 5.74) is 2.01. The normalized spacial score (nSPS) is 45.3. The van der Waals surface area contributed by atoms with E-state index in [0.29, 0.717) is 6.04 Å². The molecule has 5 unspecified atom stereocenters. The van der Waals surface area contributed by atoms with Crippen molar-refractivity contribution < 1.29 is 5.11 Å². The predicted octanol–water partition coefficient (Wildman–Crippen LogP) is 2.23. The van der Waals surface area contributed by atoms with Crippen molar-refractivity contribution in [3.63, 3.8) is 0 Å². The van der Waals surface area contributed by atoms with Crippen LogP contribution in [0.15, 0.2) is 35.9 Å². The van der Waals surface area contributed by atoms with E-state index in [1.165, 1.54) is 11.1 Å². The third-order valence-corrected chi connectivity index (χ3v) is 6.92. The fourth-order valence-electron chi connectivity index (χ4n) is 5.98. The smallest absolute Gasteiger partial charge is 0.163 e. The van der Waals surface area contributed by atoms with Gasteiger partial charge < -0.3 is 10.4 Å². The molecule has 5 atom stereocenters. The molecule has 3 aliphatic heterocycles. The first-order valence-corrected chi connectivity index (χ1v) is 8.54. The number of aliphatic hydroxyl groups is 1. The van der Waals surface area contributed by atoms with Crippen molar-refractivity contribution >= 4 is 5.69 Å². The van der Waals surface area contributed by atoms with Gasteiger partial charge in [0.1, 0.15) is 5.92 Å². The summed E-state index contributed by atoms with van der Waals surface area (Å²) in [6.45, 7) is 4.00. The zero-order valence-electron chi connectivity index (χ0n) is 13.3. The van der Waals surface area contributed by atoms with Gasteiger partial charge in [-0.25, -0.2) is 0 Å². The number of hydrogen-bond acceptors (Lipinski definition) is 4. The van der Waals surface area contributed by atoms with Gasteiger partial charge in [-0.05, 0) is 37.9 Å². The summed E-state index contributed by atoms with van der Waals surface area (Å²) in [6.07, 6.45) is 4.05. The van der Waals surface area contributed by atoms with Crippen LogP contribution in [0.3, 0.4) is 0 Å². The van der Waals surface area contributed by atoms with Gasteiger partial charge in [-0.3, -0.25) is 4.90 Å². The van der Waals surface area contributed by atoms with Crippen LogP contribution in [0.4, 0.5) is 5.69 Å². The summed E-state index contributed by atoms with van der Waals surface area (Å²) < 4.78 is 0. The van der Waals surface area contributed by atoms with E-state index < -0.39 is 11.6 Å². The van der Waals surface area contributed by atoms with Crippen LogP contribution in [0.1, 0.15) is 25.3 Å². The molecule has 1 saturated carbocycles. The molecular formula is C19H21N3O. The fraction of sp³-hybridized carbons (Fsp3) is 0.526. The minimum absolute atomic E-state index is 0.157. The molecule has 118 valence electrons. The van der Waals surface area contributed by atoms with Gasteiger partial charge in [-0.2, -0.15) is 5.26 Å². The van der Waals surface area contributed by atoms with Gasteiger partial charge in [0.15, 0.2) is 5.72 Å². The number of benzene rings is 1. The van der Waals surface area contributed by atoms with Crippen LogP contribution >= 0.6 is 0 Å². The van der Waals surface area contributed by atoms with E-state index in [2.05, 4.69) is 41.4 Å². The fourth-order valence-corrected chi connectivity index (χ4v) is 5.98. The number of rotatable bonds is 0. The molecule has 0 radical (unpaired) electrons. The van der Waals surface area contributed by atoms with Crippen LogP contribution in [0.25, 0.3) is 0 Å². The van der Waals surface area contributed by atoms with Crippen molar-refractivity contribution in [1.82, 2.24) is 4.90 Å². The highest BCUT2D eigenvalue weighted by Crippen LogP contribution is 2.64. The van der Waals surface area contributed by atoms with Crippen LogP contribution in [0.2, 0.25) is 0 Å². The van der Waals surface area contributed by atoms with Crippen molar-refractivity contribution in [3.05, 3.63) is 41.5 Å². The lowest BCUT2D eigenvalue weighted by Crippen LogP contribution is -2.69.